The van der Waals surface area contributed by atoms with E-state index in [1.165, 1.54) is 11.3 Å². The molecule has 1 atom stereocenters. The monoisotopic (exact) mass is 448 g/mol. The Kier molecular flexibility index (Phi) is 5.42. The van der Waals surface area contributed by atoms with Crippen LogP contribution in [-0.2, 0) is 9.53 Å². The highest BCUT2D eigenvalue weighted by molar-refractivity contribution is 7.20. The number of carbonyl (C=O) groups is 2. The van der Waals surface area contributed by atoms with Crippen molar-refractivity contribution in [2.24, 2.45) is 5.73 Å². The van der Waals surface area contributed by atoms with E-state index in [1.807, 2.05) is 30.3 Å². The summed E-state index contributed by atoms with van der Waals surface area (Å²) in [6, 6.07) is 13.1. The SMILES string of the molecule is NC(=O)c1sc2ncccc2c1C1CN(C(=O)COc2cccc3cccnc23)CCO1. The Bertz CT molecular complexity index is 1320. The molecule has 4 heterocycles. The molecular formula is C23H20N4O4S. The highest BCUT2D eigenvalue weighted by atomic mass is 32.1. The molecule has 9 heteroatoms. The number of nitrogens with zero attached hydrogens (tertiary/aromatic N) is 3. The number of hydrogen-bond donors (Lipinski definition) is 1. The second kappa shape index (κ2) is 8.52. The molecule has 0 aliphatic carbocycles. The van der Waals surface area contributed by atoms with Gasteiger partial charge in [0.1, 0.15) is 27.1 Å². The molecule has 2 N–H and O–H groups in total. The fourth-order valence-electron chi connectivity index (χ4n) is 3.93. The number of nitrogens with two attached hydrogens (primary N) is 1. The Morgan fingerprint density at radius 1 is 1.16 bits per heavy atom. The molecule has 0 saturated carbocycles. The fraction of sp³-hybridized carbons (Fsp3) is 0.217. The molecule has 8 nitrogen and oxygen atoms in total. The summed E-state index contributed by atoms with van der Waals surface area (Å²) >= 11 is 1.24. The number of carbonyl (C=O) groups excluding carboxylic acids is 2. The van der Waals surface area contributed by atoms with Crippen molar-refractivity contribution < 1.29 is 19.1 Å². The van der Waals surface area contributed by atoms with Gasteiger partial charge < -0.3 is 20.1 Å². The first-order chi connectivity index (χ1) is 15.6. The summed E-state index contributed by atoms with van der Waals surface area (Å²) < 4.78 is 11.8. The highest BCUT2D eigenvalue weighted by Gasteiger charge is 2.31. The smallest absolute Gasteiger partial charge is 0.260 e. The zero-order valence-electron chi connectivity index (χ0n) is 17.1. The third-order valence-electron chi connectivity index (χ3n) is 5.42. The van der Waals surface area contributed by atoms with E-state index in [2.05, 4.69) is 9.97 Å². The van der Waals surface area contributed by atoms with Crippen LogP contribution in [0.5, 0.6) is 5.75 Å². The van der Waals surface area contributed by atoms with Crippen molar-refractivity contribution in [1.82, 2.24) is 14.9 Å². The summed E-state index contributed by atoms with van der Waals surface area (Å²) in [5, 5.41) is 1.77. The average molecular weight is 449 g/mol. The number of primary amides is 1. The van der Waals surface area contributed by atoms with E-state index in [-0.39, 0.29) is 12.5 Å². The first kappa shape index (κ1) is 20.3. The van der Waals surface area contributed by atoms with Crippen LogP contribution in [0.15, 0.2) is 54.9 Å². The number of para-hydroxylation sites is 1. The van der Waals surface area contributed by atoms with Gasteiger partial charge in [-0.05, 0) is 18.2 Å². The molecule has 3 aromatic heterocycles. The normalized spacial score (nSPS) is 16.4. The number of ether oxygens (including phenoxy) is 2. The molecule has 5 rings (SSSR count). The minimum Gasteiger partial charge on any atom is -0.481 e. The summed E-state index contributed by atoms with van der Waals surface area (Å²) in [7, 11) is 0. The van der Waals surface area contributed by atoms with Gasteiger partial charge in [0.05, 0.1) is 13.2 Å². The number of benzene rings is 1. The molecule has 0 bridgehead atoms. The number of hydrogen-bond acceptors (Lipinski definition) is 7. The van der Waals surface area contributed by atoms with Gasteiger partial charge >= 0.3 is 0 Å². The summed E-state index contributed by atoms with van der Waals surface area (Å²) in [5.74, 6) is -0.126. The number of thiophene rings is 1. The molecule has 1 unspecified atom stereocenters. The van der Waals surface area contributed by atoms with Gasteiger partial charge in [-0.1, -0.05) is 24.3 Å². The molecule has 2 amide bonds. The van der Waals surface area contributed by atoms with E-state index < -0.39 is 12.0 Å². The van der Waals surface area contributed by atoms with Crippen molar-refractivity contribution >= 4 is 44.3 Å². The fourth-order valence-corrected chi connectivity index (χ4v) is 4.97. The van der Waals surface area contributed by atoms with Crippen LogP contribution in [0.3, 0.4) is 0 Å². The van der Waals surface area contributed by atoms with E-state index >= 15 is 0 Å². The Balaban J connectivity index is 1.34. The van der Waals surface area contributed by atoms with E-state index in [0.717, 1.165) is 15.6 Å². The number of morpholine rings is 1. The van der Waals surface area contributed by atoms with Gasteiger partial charge in [-0.2, -0.15) is 0 Å². The molecule has 162 valence electrons. The summed E-state index contributed by atoms with van der Waals surface area (Å²) in [4.78, 5) is 36.5. The third-order valence-corrected chi connectivity index (χ3v) is 6.56. The summed E-state index contributed by atoms with van der Waals surface area (Å²) in [5.41, 5.74) is 7.03. The lowest BCUT2D eigenvalue weighted by Crippen LogP contribution is -2.44. The molecule has 1 saturated heterocycles. The van der Waals surface area contributed by atoms with Gasteiger partial charge in [-0.3, -0.25) is 14.6 Å². The lowest BCUT2D eigenvalue weighted by atomic mass is 10.0. The minimum absolute atomic E-state index is 0.114. The maximum Gasteiger partial charge on any atom is 0.260 e. The molecule has 0 spiro atoms. The van der Waals surface area contributed by atoms with Crippen molar-refractivity contribution in [3.63, 3.8) is 0 Å². The van der Waals surface area contributed by atoms with Gasteiger partial charge in [0.25, 0.3) is 11.8 Å². The summed E-state index contributed by atoms with van der Waals surface area (Å²) in [6.45, 7) is 0.981. The predicted molar refractivity (Wildman–Crippen MR) is 121 cm³/mol. The van der Waals surface area contributed by atoms with Crippen LogP contribution in [-0.4, -0.2) is 53.0 Å². The lowest BCUT2D eigenvalue weighted by Gasteiger charge is -2.33. The van der Waals surface area contributed by atoms with Crippen LogP contribution in [0.4, 0.5) is 0 Å². The standard InChI is InChI=1S/C23H20N4O4S/c24-22(29)21-19(15-6-3-9-26-23(15)32-21)17-12-27(10-11-30-17)18(28)13-31-16-7-1-4-14-5-2-8-25-20(14)16/h1-9,17H,10-13H2,(H2,24,29). The van der Waals surface area contributed by atoms with Crippen LogP contribution in [0.2, 0.25) is 0 Å². The predicted octanol–water partition coefficient (Wildman–Crippen LogP) is 2.92. The van der Waals surface area contributed by atoms with Crippen LogP contribution in [0.1, 0.15) is 21.3 Å². The second-order valence-corrected chi connectivity index (χ2v) is 8.38. The van der Waals surface area contributed by atoms with E-state index in [4.69, 9.17) is 15.2 Å². The topological polar surface area (TPSA) is 108 Å². The zero-order chi connectivity index (χ0) is 22.1. The molecule has 4 aromatic rings. The van der Waals surface area contributed by atoms with Crippen LogP contribution >= 0.6 is 11.3 Å². The molecule has 1 aromatic carbocycles. The molecular weight excluding hydrogens is 428 g/mol. The molecule has 32 heavy (non-hydrogen) atoms. The van der Waals surface area contributed by atoms with Crippen LogP contribution < -0.4 is 10.5 Å². The van der Waals surface area contributed by atoms with Gasteiger partial charge in [0.15, 0.2) is 6.61 Å². The van der Waals surface area contributed by atoms with E-state index in [0.29, 0.717) is 41.4 Å². The zero-order valence-corrected chi connectivity index (χ0v) is 17.9. The van der Waals surface area contributed by atoms with Gasteiger partial charge in [-0.15, -0.1) is 11.3 Å². The third kappa shape index (κ3) is 3.76. The molecule has 0 radical (unpaired) electrons. The van der Waals surface area contributed by atoms with Crippen molar-refractivity contribution in [3.05, 3.63) is 65.3 Å². The van der Waals surface area contributed by atoms with Crippen molar-refractivity contribution in [3.8, 4) is 5.75 Å². The van der Waals surface area contributed by atoms with Crippen LogP contribution in [0, 0.1) is 0 Å². The van der Waals surface area contributed by atoms with Crippen LogP contribution in [0.25, 0.3) is 21.1 Å². The van der Waals surface area contributed by atoms with Crippen molar-refractivity contribution in [2.75, 3.05) is 26.3 Å². The van der Waals surface area contributed by atoms with Crippen molar-refractivity contribution in [2.45, 2.75) is 6.10 Å². The van der Waals surface area contributed by atoms with Crippen molar-refractivity contribution in [1.29, 1.82) is 0 Å². The number of rotatable bonds is 5. The molecule has 1 aliphatic rings. The maximum absolute atomic E-state index is 12.9. The number of aromatic nitrogens is 2. The first-order valence-electron chi connectivity index (χ1n) is 10.1. The second-order valence-electron chi connectivity index (χ2n) is 7.38. The van der Waals surface area contributed by atoms with Gasteiger partial charge in [0.2, 0.25) is 0 Å². The largest absolute Gasteiger partial charge is 0.481 e. The molecule has 1 fully saturated rings. The number of amides is 2. The lowest BCUT2D eigenvalue weighted by molar-refractivity contribution is -0.141. The molecule has 1 aliphatic heterocycles. The van der Waals surface area contributed by atoms with E-state index in [9.17, 15) is 9.59 Å². The Morgan fingerprint density at radius 2 is 1.97 bits per heavy atom. The Labute approximate surface area is 187 Å². The van der Waals surface area contributed by atoms with Gasteiger partial charge in [-0.25, -0.2) is 4.98 Å². The minimum atomic E-state index is -0.526. The van der Waals surface area contributed by atoms with E-state index in [1.54, 1.807) is 29.4 Å². The summed E-state index contributed by atoms with van der Waals surface area (Å²) in [6.07, 6.45) is 2.90. The quantitative estimate of drug-likeness (QED) is 0.503. The van der Waals surface area contributed by atoms with Gasteiger partial charge in [0, 0.05) is 35.3 Å². The number of pyridine rings is 2. The highest BCUT2D eigenvalue weighted by Crippen LogP contribution is 2.37. The Morgan fingerprint density at radius 3 is 2.84 bits per heavy atom. The maximum atomic E-state index is 12.9. The Hall–Kier alpha value is -3.56. The number of fused-ring (bicyclic) bond motifs is 2. The average Bonchev–Trinajstić information content (AvgIpc) is 3.23. The first-order valence-corrected chi connectivity index (χ1v) is 11.0.